The molecule has 0 spiro atoms. The first kappa shape index (κ1) is 16.4. The molecule has 0 heterocycles. The average molecular weight is 304 g/mol. The first-order valence-corrected chi connectivity index (χ1v) is 6.35. The maximum Gasteiger partial charge on any atom is 0.407 e. The number of ether oxygens (including phenoxy) is 1. The third-order valence-electron chi connectivity index (χ3n) is 2.08. The van der Waals surface area contributed by atoms with Crippen LogP contribution in [-0.4, -0.2) is 18.2 Å². The summed E-state index contributed by atoms with van der Waals surface area (Å²) in [6, 6.07) is 2.21. The van der Waals surface area contributed by atoms with E-state index in [2.05, 4.69) is 5.32 Å². The standard InChI is InChI=1S/C14H16ClF2NO2/c1-14(2,3)20-13(19)18-6-4-5-9-7-10(16)12(15)11(17)8-9/h4-5,7-8H,6H2,1-3H3,(H,18,19). The lowest BCUT2D eigenvalue weighted by Gasteiger charge is -2.19. The van der Waals surface area contributed by atoms with E-state index in [1.165, 1.54) is 6.08 Å². The Morgan fingerprint density at radius 3 is 2.40 bits per heavy atom. The summed E-state index contributed by atoms with van der Waals surface area (Å²) < 4.78 is 31.4. The molecule has 0 atom stereocenters. The average Bonchev–Trinajstić information content (AvgIpc) is 2.29. The molecule has 1 amide bonds. The van der Waals surface area contributed by atoms with Crippen molar-refractivity contribution in [3.63, 3.8) is 0 Å². The largest absolute Gasteiger partial charge is 0.444 e. The van der Waals surface area contributed by atoms with Crippen LogP contribution in [0.2, 0.25) is 5.02 Å². The van der Waals surface area contributed by atoms with Gasteiger partial charge in [-0.25, -0.2) is 13.6 Å². The van der Waals surface area contributed by atoms with Crippen molar-refractivity contribution in [2.75, 3.05) is 6.54 Å². The van der Waals surface area contributed by atoms with Crippen molar-refractivity contribution in [2.24, 2.45) is 0 Å². The molecular weight excluding hydrogens is 288 g/mol. The molecule has 1 N–H and O–H groups in total. The van der Waals surface area contributed by atoms with Crippen LogP contribution in [0.4, 0.5) is 13.6 Å². The minimum Gasteiger partial charge on any atom is -0.444 e. The lowest BCUT2D eigenvalue weighted by molar-refractivity contribution is 0.0534. The third-order valence-corrected chi connectivity index (χ3v) is 2.44. The fraction of sp³-hybridized carbons (Fsp3) is 0.357. The highest BCUT2D eigenvalue weighted by Crippen LogP contribution is 2.20. The Hall–Kier alpha value is -1.62. The van der Waals surface area contributed by atoms with Gasteiger partial charge in [-0.2, -0.15) is 0 Å². The number of benzene rings is 1. The number of hydrogen-bond donors (Lipinski definition) is 1. The van der Waals surface area contributed by atoms with Crippen LogP contribution in [0.15, 0.2) is 18.2 Å². The minimum absolute atomic E-state index is 0.181. The molecule has 0 saturated heterocycles. The quantitative estimate of drug-likeness (QED) is 0.852. The molecule has 1 aromatic carbocycles. The third kappa shape index (κ3) is 5.57. The number of carbonyl (C=O) groups is 1. The smallest absolute Gasteiger partial charge is 0.407 e. The summed E-state index contributed by atoms with van der Waals surface area (Å²) in [5.41, 5.74) is -0.258. The van der Waals surface area contributed by atoms with Crippen LogP contribution < -0.4 is 5.32 Å². The highest BCUT2D eigenvalue weighted by molar-refractivity contribution is 6.30. The molecule has 0 unspecified atom stereocenters. The molecule has 0 fully saturated rings. The van der Waals surface area contributed by atoms with E-state index >= 15 is 0 Å². The molecule has 20 heavy (non-hydrogen) atoms. The second-order valence-corrected chi connectivity index (χ2v) is 5.46. The lowest BCUT2D eigenvalue weighted by Crippen LogP contribution is -2.32. The van der Waals surface area contributed by atoms with Crippen molar-refractivity contribution in [2.45, 2.75) is 26.4 Å². The van der Waals surface area contributed by atoms with Crippen molar-refractivity contribution in [3.8, 4) is 0 Å². The summed E-state index contributed by atoms with van der Waals surface area (Å²) in [6.45, 7) is 5.44. The van der Waals surface area contributed by atoms with Gasteiger partial charge in [-0.05, 0) is 38.5 Å². The van der Waals surface area contributed by atoms with Gasteiger partial charge in [0.2, 0.25) is 0 Å². The first-order chi connectivity index (χ1) is 9.19. The van der Waals surface area contributed by atoms with Gasteiger partial charge in [-0.1, -0.05) is 23.8 Å². The van der Waals surface area contributed by atoms with Gasteiger partial charge in [0.1, 0.15) is 22.3 Å². The number of carbonyl (C=O) groups excluding carboxylic acids is 1. The van der Waals surface area contributed by atoms with E-state index in [0.29, 0.717) is 5.56 Å². The highest BCUT2D eigenvalue weighted by atomic mass is 35.5. The SMILES string of the molecule is CC(C)(C)OC(=O)NCC=Cc1cc(F)c(Cl)c(F)c1. The van der Waals surface area contributed by atoms with E-state index < -0.39 is 28.4 Å². The molecule has 0 bridgehead atoms. The van der Waals surface area contributed by atoms with Gasteiger partial charge in [0, 0.05) is 6.54 Å². The topological polar surface area (TPSA) is 38.3 Å². The molecule has 110 valence electrons. The second kappa shape index (κ2) is 6.70. The van der Waals surface area contributed by atoms with Crippen molar-refractivity contribution >= 4 is 23.8 Å². The fourth-order valence-electron chi connectivity index (χ4n) is 1.32. The molecule has 0 aliphatic carbocycles. The zero-order chi connectivity index (χ0) is 15.3. The second-order valence-electron chi connectivity index (χ2n) is 5.08. The number of nitrogens with one attached hydrogen (secondary N) is 1. The molecule has 0 aliphatic rings. The summed E-state index contributed by atoms with van der Waals surface area (Å²) in [5, 5.41) is 1.96. The monoisotopic (exact) mass is 303 g/mol. The Labute approximate surface area is 121 Å². The predicted molar refractivity (Wildman–Crippen MR) is 74.6 cm³/mol. The van der Waals surface area contributed by atoms with Crippen LogP contribution in [0.5, 0.6) is 0 Å². The molecule has 6 heteroatoms. The first-order valence-electron chi connectivity index (χ1n) is 5.97. The summed E-state index contributed by atoms with van der Waals surface area (Å²) in [7, 11) is 0. The van der Waals surface area contributed by atoms with Gasteiger partial charge in [0.25, 0.3) is 0 Å². The van der Waals surface area contributed by atoms with Crippen LogP contribution >= 0.6 is 11.6 Å². The summed E-state index contributed by atoms with van der Waals surface area (Å²) in [6.07, 6.45) is 2.46. The van der Waals surface area contributed by atoms with E-state index in [4.69, 9.17) is 16.3 Å². The normalized spacial score (nSPS) is 11.7. The predicted octanol–water partition coefficient (Wildman–Crippen LogP) is 4.16. The molecule has 0 aliphatic heterocycles. The van der Waals surface area contributed by atoms with E-state index in [9.17, 15) is 13.6 Å². The van der Waals surface area contributed by atoms with Crippen LogP contribution in [0.25, 0.3) is 6.08 Å². The number of alkyl carbamates (subject to hydrolysis) is 1. The highest BCUT2D eigenvalue weighted by Gasteiger charge is 2.15. The lowest BCUT2D eigenvalue weighted by atomic mass is 10.2. The van der Waals surface area contributed by atoms with E-state index in [-0.39, 0.29) is 6.54 Å². The van der Waals surface area contributed by atoms with Gasteiger partial charge in [0.05, 0.1) is 0 Å². The van der Waals surface area contributed by atoms with Crippen molar-refractivity contribution in [3.05, 3.63) is 40.4 Å². The molecule has 0 saturated carbocycles. The Bertz CT molecular complexity index is 501. The Kier molecular flexibility index (Phi) is 5.51. The summed E-state index contributed by atoms with van der Waals surface area (Å²) in [4.78, 5) is 11.3. The van der Waals surface area contributed by atoms with Gasteiger partial charge in [-0.3, -0.25) is 0 Å². The maximum atomic E-state index is 13.2. The van der Waals surface area contributed by atoms with Crippen molar-refractivity contribution in [1.29, 1.82) is 0 Å². The van der Waals surface area contributed by atoms with Crippen molar-refractivity contribution in [1.82, 2.24) is 5.32 Å². The number of rotatable bonds is 3. The van der Waals surface area contributed by atoms with Crippen LogP contribution in [0.3, 0.4) is 0 Å². The maximum absolute atomic E-state index is 13.2. The van der Waals surface area contributed by atoms with Gasteiger partial charge < -0.3 is 10.1 Å². The number of amides is 1. The minimum atomic E-state index is -0.827. The Morgan fingerprint density at radius 2 is 1.90 bits per heavy atom. The Morgan fingerprint density at radius 1 is 1.35 bits per heavy atom. The van der Waals surface area contributed by atoms with E-state index in [0.717, 1.165) is 12.1 Å². The molecule has 3 nitrogen and oxygen atoms in total. The van der Waals surface area contributed by atoms with Gasteiger partial charge in [0.15, 0.2) is 0 Å². The van der Waals surface area contributed by atoms with Gasteiger partial charge >= 0.3 is 6.09 Å². The van der Waals surface area contributed by atoms with E-state index in [1.54, 1.807) is 26.8 Å². The zero-order valence-corrected chi connectivity index (χ0v) is 12.2. The Balaban J connectivity index is 2.52. The van der Waals surface area contributed by atoms with Gasteiger partial charge in [-0.15, -0.1) is 0 Å². The molecular formula is C14H16ClF2NO2. The molecule has 0 aromatic heterocycles. The van der Waals surface area contributed by atoms with E-state index in [1.807, 2.05) is 0 Å². The molecule has 0 radical (unpaired) electrons. The fourth-order valence-corrected chi connectivity index (χ4v) is 1.43. The van der Waals surface area contributed by atoms with Crippen LogP contribution in [0, 0.1) is 11.6 Å². The van der Waals surface area contributed by atoms with Crippen molar-refractivity contribution < 1.29 is 18.3 Å². The summed E-state index contributed by atoms with van der Waals surface area (Å²) >= 11 is 5.37. The number of halogens is 3. The number of hydrogen-bond acceptors (Lipinski definition) is 2. The summed E-state index contributed by atoms with van der Waals surface area (Å²) in [5.74, 6) is -1.65. The molecule has 1 aromatic rings. The molecule has 1 rings (SSSR count). The zero-order valence-electron chi connectivity index (χ0n) is 11.5. The van der Waals surface area contributed by atoms with Crippen LogP contribution in [-0.2, 0) is 4.74 Å². The van der Waals surface area contributed by atoms with Crippen LogP contribution in [0.1, 0.15) is 26.3 Å².